The molecule has 0 bridgehead atoms. The molecule has 1 heterocycles. The fraction of sp³-hybridized carbons (Fsp3) is 0.231. The van der Waals surface area contributed by atoms with Crippen LogP contribution in [-0.2, 0) is 10.0 Å². The SMILES string of the molecule is O=[N+]([O-])c1ccc(S(=O)(=O)N[C@@H]2C[C@H]2c2ccccc2Cl)s1. The summed E-state index contributed by atoms with van der Waals surface area (Å²) in [7, 11) is -3.74. The van der Waals surface area contributed by atoms with E-state index in [1.165, 1.54) is 12.1 Å². The second-order valence-corrected chi connectivity index (χ2v) is 8.35. The van der Waals surface area contributed by atoms with Gasteiger partial charge in [-0.15, -0.1) is 0 Å². The van der Waals surface area contributed by atoms with Crippen molar-refractivity contribution in [3.8, 4) is 0 Å². The van der Waals surface area contributed by atoms with Crippen LogP contribution in [-0.4, -0.2) is 19.4 Å². The number of nitrogens with zero attached hydrogens (tertiary/aromatic N) is 1. The van der Waals surface area contributed by atoms with Crippen LogP contribution >= 0.6 is 22.9 Å². The van der Waals surface area contributed by atoms with Crippen LogP contribution in [0.4, 0.5) is 5.00 Å². The Balaban J connectivity index is 1.74. The lowest BCUT2D eigenvalue weighted by Crippen LogP contribution is -2.26. The van der Waals surface area contributed by atoms with Crippen molar-refractivity contribution in [2.75, 3.05) is 0 Å². The topological polar surface area (TPSA) is 89.3 Å². The normalized spacial score (nSPS) is 20.8. The Hall–Kier alpha value is -1.48. The summed E-state index contributed by atoms with van der Waals surface area (Å²) in [6.07, 6.45) is 0.663. The van der Waals surface area contributed by atoms with Gasteiger partial charge in [0.1, 0.15) is 4.21 Å². The summed E-state index contributed by atoms with van der Waals surface area (Å²) in [5.74, 6) is 0.0402. The summed E-state index contributed by atoms with van der Waals surface area (Å²) >= 11 is 6.74. The molecule has 1 N–H and O–H groups in total. The largest absolute Gasteiger partial charge is 0.325 e. The number of benzene rings is 1. The average molecular weight is 359 g/mol. The molecule has 2 atom stereocenters. The number of thiophene rings is 1. The van der Waals surface area contributed by atoms with Crippen molar-refractivity contribution in [1.29, 1.82) is 0 Å². The Labute approximate surface area is 135 Å². The van der Waals surface area contributed by atoms with Crippen molar-refractivity contribution in [2.45, 2.75) is 22.6 Å². The average Bonchev–Trinajstić information content (AvgIpc) is 3.01. The van der Waals surface area contributed by atoms with Crippen molar-refractivity contribution in [3.63, 3.8) is 0 Å². The zero-order valence-corrected chi connectivity index (χ0v) is 13.5. The van der Waals surface area contributed by atoms with E-state index in [4.69, 9.17) is 11.6 Å². The number of hydrogen-bond acceptors (Lipinski definition) is 5. The van der Waals surface area contributed by atoms with Crippen molar-refractivity contribution in [2.24, 2.45) is 0 Å². The minimum atomic E-state index is -3.74. The van der Waals surface area contributed by atoms with Gasteiger partial charge in [0, 0.05) is 23.0 Å². The van der Waals surface area contributed by atoms with Gasteiger partial charge >= 0.3 is 5.00 Å². The van der Waals surface area contributed by atoms with E-state index in [9.17, 15) is 18.5 Å². The molecule has 0 spiro atoms. The number of nitro groups is 1. The first-order chi connectivity index (χ1) is 10.4. The monoisotopic (exact) mass is 358 g/mol. The molecule has 1 aliphatic rings. The Morgan fingerprint density at radius 2 is 2.00 bits per heavy atom. The van der Waals surface area contributed by atoms with Gasteiger partial charge in [-0.3, -0.25) is 10.1 Å². The highest BCUT2D eigenvalue weighted by Gasteiger charge is 2.42. The Kier molecular flexibility index (Phi) is 3.94. The van der Waals surface area contributed by atoms with Gasteiger partial charge in [-0.25, -0.2) is 13.1 Å². The van der Waals surface area contributed by atoms with E-state index in [-0.39, 0.29) is 21.2 Å². The minimum Gasteiger partial charge on any atom is -0.258 e. The number of halogens is 1. The summed E-state index contributed by atoms with van der Waals surface area (Å²) in [6.45, 7) is 0. The van der Waals surface area contributed by atoms with E-state index < -0.39 is 14.9 Å². The summed E-state index contributed by atoms with van der Waals surface area (Å²) in [4.78, 5) is 10.0. The van der Waals surface area contributed by atoms with Gasteiger partial charge in [-0.2, -0.15) is 0 Å². The first kappa shape index (κ1) is 15.4. The molecule has 0 radical (unpaired) electrons. The second-order valence-electron chi connectivity index (χ2n) is 4.94. The first-order valence-corrected chi connectivity index (χ1v) is 9.07. The number of sulfonamides is 1. The molecule has 0 aliphatic heterocycles. The third kappa shape index (κ3) is 3.00. The molecule has 0 saturated heterocycles. The molecule has 1 aromatic carbocycles. The molecular weight excluding hydrogens is 348 g/mol. The van der Waals surface area contributed by atoms with Gasteiger partial charge in [0.05, 0.1) is 4.92 Å². The fourth-order valence-corrected chi connectivity index (χ4v) is 4.95. The molecule has 116 valence electrons. The first-order valence-electron chi connectivity index (χ1n) is 6.39. The summed E-state index contributed by atoms with van der Waals surface area (Å²) < 4.78 is 27.0. The summed E-state index contributed by atoms with van der Waals surface area (Å²) in [5, 5.41) is 11.1. The van der Waals surface area contributed by atoms with Crippen LogP contribution in [0.5, 0.6) is 0 Å². The second kappa shape index (κ2) is 5.62. The lowest BCUT2D eigenvalue weighted by Gasteiger charge is -2.05. The zero-order chi connectivity index (χ0) is 15.9. The molecule has 2 aromatic rings. The number of hydrogen-bond donors (Lipinski definition) is 1. The van der Waals surface area contributed by atoms with E-state index in [2.05, 4.69) is 4.72 Å². The standard InChI is InChI=1S/C13H11ClN2O4S2/c14-10-4-2-1-3-8(10)9-7-11(9)15-22(19,20)13-6-5-12(21-13)16(17)18/h1-6,9,11,15H,7H2/t9-,11+/m0/s1. The molecule has 0 amide bonds. The zero-order valence-electron chi connectivity index (χ0n) is 11.1. The van der Waals surface area contributed by atoms with Gasteiger partial charge < -0.3 is 0 Å². The van der Waals surface area contributed by atoms with Crippen molar-refractivity contribution < 1.29 is 13.3 Å². The quantitative estimate of drug-likeness (QED) is 0.656. The van der Waals surface area contributed by atoms with E-state index in [0.29, 0.717) is 22.8 Å². The predicted octanol–water partition coefficient (Wildman–Crippen LogP) is 3.14. The molecule has 1 saturated carbocycles. The Morgan fingerprint density at radius 1 is 1.27 bits per heavy atom. The van der Waals surface area contributed by atoms with Gasteiger partial charge in [0.25, 0.3) is 10.0 Å². The van der Waals surface area contributed by atoms with E-state index in [0.717, 1.165) is 5.56 Å². The molecule has 1 aliphatic carbocycles. The highest BCUT2D eigenvalue weighted by Crippen LogP contribution is 2.44. The fourth-order valence-electron chi connectivity index (χ4n) is 2.26. The number of rotatable bonds is 5. The Morgan fingerprint density at radius 3 is 2.64 bits per heavy atom. The third-order valence-electron chi connectivity index (χ3n) is 3.41. The maximum Gasteiger partial charge on any atom is 0.325 e. The van der Waals surface area contributed by atoms with Crippen LogP contribution in [0.15, 0.2) is 40.6 Å². The lowest BCUT2D eigenvalue weighted by atomic mass is 10.1. The molecule has 1 aromatic heterocycles. The van der Waals surface area contributed by atoms with Gasteiger partial charge in [-0.1, -0.05) is 29.8 Å². The van der Waals surface area contributed by atoms with E-state index in [1.54, 1.807) is 6.07 Å². The molecule has 22 heavy (non-hydrogen) atoms. The third-order valence-corrected chi connectivity index (χ3v) is 6.78. The van der Waals surface area contributed by atoms with Crippen LogP contribution in [0.1, 0.15) is 17.9 Å². The van der Waals surface area contributed by atoms with Gasteiger partial charge in [0.2, 0.25) is 0 Å². The highest BCUT2D eigenvalue weighted by atomic mass is 35.5. The van der Waals surface area contributed by atoms with Crippen LogP contribution < -0.4 is 4.72 Å². The van der Waals surface area contributed by atoms with Crippen LogP contribution in [0, 0.1) is 10.1 Å². The van der Waals surface area contributed by atoms with Crippen molar-refractivity contribution in [3.05, 3.63) is 57.1 Å². The Bertz CT molecular complexity index is 834. The molecule has 9 heteroatoms. The lowest BCUT2D eigenvalue weighted by molar-refractivity contribution is -0.380. The maximum atomic E-state index is 12.2. The molecule has 0 unspecified atom stereocenters. The van der Waals surface area contributed by atoms with Crippen LogP contribution in [0.3, 0.4) is 0 Å². The molecule has 1 fully saturated rings. The van der Waals surface area contributed by atoms with Crippen molar-refractivity contribution in [1.82, 2.24) is 4.72 Å². The minimum absolute atomic E-state index is 0.0402. The smallest absolute Gasteiger partial charge is 0.258 e. The van der Waals surface area contributed by atoms with Gasteiger partial charge in [-0.05, 0) is 35.5 Å². The van der Waals surface area contributed by atoms with E-state index in [1.807, 2.05) is 18.2 Å². The summed E-state index contributed by atoms with van der Waals surface area (Å²) in [6, 6.07) is 9.52. The molecular formula is C13H11ClN2O4S2. The maximum absolute atomic E-state index is 12.2. The highest BCUT2D eigenvalue weighted by molar-refractivity contribution is 7.91. The van der Waals surface area contributed by atoms with Crippen molar-refractivity contribution >= 4 is 38.0 Å². The van der Waals surface area contributed by atoms with Gasteiger partial charge in [0.15, 0.2) is 0 Å². The molecule has 3 rings (SSSR count). The van der Waals surface area contributed by atoms with E-state index >= 15 is 0 Å². The molecule has 6 nitrogen and oxygen atoms in total. The van der Waals surface area contributed by atoms with Crippen LogP contribution in [0.2, 0.25) is 5.02 Å². The summed E-state index contributed by atoms with van der Waals surface area (Å²) in [5.41, 5.74) is 0.911. The predicted molar refractivity (Wildman–Crippen MR) is 83.9 cm³/mol. The van der Waals surface area contributed by atoms with Crippen LogP contribution in [0.25, 0.3) is 0 Å². The number of nitrogens with one attached hydrogen (secondary N) is 1.